The van der Waals surface area contributed by atoms with Crippen LogP contribution in [0.3, 0.4) is 0 Å². The van der Waals surface area contributed by atoms with E-state index in [0.717, 1.165) is 6.07 Å². The Morgan fingerprint density at radius 1 is 1.30 bits per heavy atom. The highest BCUT2D eigenvalue weighted by molar-refractivity contribution is 5.93. The van der Waals surface area contributed by atoms with Gasteiger partial charge in [0, 0.05) is 26.3 Å². The Kier molecular flexibility index (Phi) is 5.85. The van der Waals surface area contributed by atoms with Gasteiger partial charge in [-0.1, -0.05) is 0 Å². The highest BCUT2D eigenvalue weighted by Gasteiger charge is 2.16. The zero-order valence-electron chi connectivity index (χ0n) is 10.7. The molecule has 3 N–H and O–H groups in total. The highest BCUT2D eigenvalue weighted by Crippen LogP contribution is 2.19. The fraction of sp³-hybridized carbons (Fsp3) is 0.333. The highest BCUT2D eigenvalue weighted by atomic mass is 19.1. The first-order valence-corrected chi connectivity index (χ1v) is 5.71. The lowest BCUT2D eigenvalue weighted by atomic mass is 10.2. The van der Waals surface area contributed by atoms with E-state index in [1.807, 2.05) is 0 Å². The molecule has 0 fully saturated rings. The van der Waals surface area contributed by atoms with Crippen LogP contribution in [-0.4, -0.2) is 37.4 Å². The number of hydrogen-bond donors (Lipinski definition) is 3. The van der Waals surface area contributed by atoms with E-state index >= 15 is 0 Å². The molecular weight excluding hydrogens is 274 g/mol. The number of hydrogen-bond acceptors (Lipinski definition) is 3. The van der Waals surface area contributed by atoms with Crippen molar-refractivity contribution < 1.29 is 28.2 Å². The smallest absolute Gasteiger partial charge is 0.338 e. The van der Waals surface area contributed by atoms with Crippen molar-refractivity contribution in [3.05, 3.63) is 29.3 Å². The summed E-state index contributed by atoms with van der Waals surface area (Å²) in [5, 5.41) is 13.2. The van der Waals surface area contributed by atoms with Crippen molar-refractivity contribution in [1.29, 1.82) is 0 Å². The average Bonchev–Trinajstić information content (AvgIpc) is 2.37. The number of aromatic carboxylic acids is 1. The van der Waals surface area contributed by atoms with Crippen molar-refractivity contribution in [3.63, 3.8) is 0 Å². The molecule has 0 radical (unpaired) electrons. The number of rotatable bonds is 6. The number of amides is 2. The van der Waals surface area contributed by atoms with E-state index in [2.05, 4.69) is 10.6 Å². The molecule has 0 atom stereocenters. The van der Waals surface area contributed by atoms with E-state index < -0.39 is 34.9 Å². The Balaban J connectivity index is 2.69. The van der Waals surface area contributed by atoms with Crippen LogP contribution in [0.15, 0.2) is 12.1 Å². The SMILES string of the molecule is COCCCNC(=O)Nc1cc(C(=O)O)c(F)cc1F. The van der Waals surface area contributed by atoms with Gasteiger partial charge in [-0.3, -0.25) is 0 Å². The number of carbonyl (C=O) groups excluding carboxylic acids is 1. The fourth-order valence-corrected chi connectivity index (χ4v) is 1.39. The summed E-state index contributed by atoms with van der Waals surface area (Å²) in [7, 11) is 1.52. The molecule has 1 aromatic carbocycles. The summed E-state index contributed by atoms with van der Waals surface area (Å²) < 4.78 is 31.3. The fourth-order valence-electron chi connectivity index (χ4n) is 1.39. The number of nitrogens with one attached hydrogen (secondary N) is 2. The molecule has 20 heavy (non-hydrogen) atoms. The Morgan fingerprint density at radius 3 is 2.60 bits per heavy atom. The summed E-state index contributed by atoms with van der Waals surface area (Å²) >= 11 is 0. The standard InChI is InChI=1S/C12H14F2N2O4/c1-20-4-2-3-15-12(19)16-10-5-7(11(17)18)8(13)6-9(10)14/h5-6H,2-4H2,1H3,(H,17,18)(H2,15,16,19). The molecule has 6 nitrogen and oxygen atoms in total. The topological polar surface area (TPSA) is 87.7 Å². The summed E-state index contributed by atoms with van der Waals surface area (Å²) in [5.41, 5.74) is -1.13. The first-order valence-electron chi connectivity index (χ1n) is 5.71. The lowest BCUT2D eigenvalue weighted by molar-refractivity contribution is 0.0692. The number of ether oxygens (including phenoxy) is 1. The second kappa shape index (κ2) is 7.39. The number of carbonyl (C=O) groups is 2. The van der Waals surface area contributed by atoms with E-state index in [9.17, 15) is 18.4 Å². The first-order chi connectivity index (χ1) is 9.45. The summed E-state index contributed by atoms with van der Waals surface area (Å²) in [6, 6.07) is 0.411. The van der Waals surface area contributed by atoms with Crippen molar-refractivity contribution in [2.24, 2.45) is 0 Å². The van der Waals surface area contributed by atoms with E-state index in [1.54, 1.807) is 0 Å². The van der Waals surface area contributed by atoms with Gasteiger partial charge in [0.05, 0.1) is 11.3 Å². The predicted octanol–water partition coefficient (Wildman–Crippen LogP) is 1.82. The average molecular weight is 288 g/mol. The molecule has 0 saturated heterocycles. The molecule has 0 aromatic heterocycles. The zero-order chi connectivity index (χ0) is 15.1. The molecule has 110 valence electrons. The monoisotopic (exact) mass is 288 g/mol. The molecule has 0 aliphatic carbocycles. The van der Waals surface area contributed by atoms with Gasteiger partial charge in [-0.25, -0.2) is 18.4 Å². The minimum atomic E-state index is -1.55. The third kappa shape index (κ3) is 4.47. The van der Waals surface area contributed by atoms with Crippen LogP contribution in [0.2, 0.25) is 0 Å². The number of benzene rings is 1. The Hall–Kier alpha value is -2.22. The number of methoxy groups -OCH3 is 1. The van der Waals surface area contributed by atoms with Gasteiger partial charge < -0.3 is 20.5 Å². The van der Waals surface area contributed by atoms with Gasteiger partial charge in [0.25, 0.3) is 0 Å². The zero-order valence-corrected chi connectivity index (χ0v) is 10.7. The number of carboxylic acids is 1. The van der Waals surface area contributed by atoms with E-state index in [0.29, 0.717) is 25.6 Å². The lowest BCUT2D eigenvalue weighted by Gasteiger charge is -2.09. The minimum absolute atomic E-state index is 0.300. The summed E-state index contributed by atoms with van der Waals surface area (Å²) in [4.78, 5) is 22.1. The van der Waals surface area contributed by atoms with E-state index in [-0.39, 0.29) is 0 Å². The molecule has 1 aromatic rings. The Labute approximate surface area is 113 Å². The summed E-state index contributed by atoms with van der Waals surface area (Å²) in [6.07, 6.45) is 0.566. The first kappa shape index (κ1) is 15.8. The van der Waals surface area contributed by atoms with Gasteiger partial charge in [-0.05, 0) is 12.5 Å². The van der Waals surface area contributed by atoms with Gasteiger partial charge in [0.2, 0.25) is 0 Å². The van der Waals surface area contributed by atoms with Gasteiger partial charge in [-0.15, -0.1) is 0 Å². The van der Waals surface area contributed by atoms with Gasteiger partial charge in [0.1, 0.15) is 11.6 Å². The number of anilines is 1. The molecular formula is C12H14F2N2O4. The van der Waals surface area contributed by atoms with Crippen LogP contribution in [0.4, 0.5) is 19.3 Å². The van der Waals surface area contributed by atoms with E-state index in [4.69, 9.17) is 9.84 Å². The van der Waals surface area contributed by atoms with Crippen molar-refractivity contribution in [1.82, 2.24) is 5.32 Å². The van der Waals surface area contributed by atoms with Crippen molar-refractivity contribution in [2.75, 3.05) is 25.6 Å². The van der Waals surface area contributed by atoms with Crippen LogP contribution in [0.25, 0.3) is 0 Å². The molecule has 0 unspecified atom stereocenters. The number of halogens is 2. The molecule has 0 aliphatic heterocycles. The quantitative estimate of drug-likeness (QED) is 0.697. The molecule has 2 amide bonds. The molecule has 0 spiro atoms. The molecule has 0 bridgehead atoms. The third-order valence-electron chi connectivity index (χ3n) is 2.35. The second-order valence-corrected chi connectivity index (χ2v) is 3.84. The normalized spacial score (nSPS) is 10.2. The van der Waals surface area contributed by atoms with E-state index in [1.165, 1.54) is 7.11 Å². The minimum Gasteiger partial charge on any atom is -0.478 e. The van der Waals surface area contributed by atoms with Gasteiger partial charge >= 0.3 is 12.0 Å². The molecule has 0 heterocycles. The Morgan fingerprint density at radius 2 is 2.00 bits per heavy atom. The summed E-state index contributed by atoms with van der Waals surface area (Å²) in [5.74, 6) is -3.81. The second-order valence-electron chi connectivity index (χ2n) is 3.84. The van der Waals surface area contributed by atoms with Crippen LogP contribution < -0.4 is 10.6 Å². The van der Waals surface area contributed by atoms with Crippen LogP contribution >= 0.6 is 0 Å². The number of urea groups is 1. The van der Waals surface area contributed by atoms with Crippen LogP contribution in [0, 0.1) is 11.6 Å². The predicted molar refractivity (Wildman–Crippen MR) is 66.8 cm³/mol. The maximum atomic E-state index is 13.4. The van der Waals surface area contributed by atoms with Crippen LogP contribution in [0.5, 0.6) is 0 Å². The molecule has 0 saturated carbocycles. The number of carboxylic acid groups (broad SMARTS) is 1. The maximum absolute atomic E-state index is 13.4. The van der Waals surface area contributed by atoms with Crippen LogP contribution in [-0.2, 0) is 4.74 Å². The molecule has 8 heteroatoms. The molecule has 0 aliphatic rings. The lowest BCUT2D eigenvalue weighted by Crippen LogP contribution is -2.30. The van der Waals surface area contributed by atoms with Crippen LogP contribution in [0.1, 0.15) is 16.8 Å². The van der Waals surface area contributed by atoms with Crippen molar-refractivity contribution in [3.8, 4) is 0 Å². The largest absolute Gasteiger partial charge is 0.478 e. The molecule has 1 rings (SSSR count). The van der Waals surface area contributed by atoms with Gasteiger partial charge in [0.15, 0.2) is 0 Å². The third-order valence-corrected chi connectivity index (χ3v) is 2.35. The summed E-state index contributed by atoms with van der Waals surface area (Å²) in [6.45, 7) is 0.753. The van der Waals surface area contributed by atoms with Gasteiger partial charge in [-0.2, -0.15) is 0 Å². The van der Waals surface area contributed by atoms with Crippen molar-refractivity contribution in [2.45, 2.75) is 6.42 Å². The van der Waals surface area contributed by atoms with Crippen molar-refractivity contribution >= 4 is 17.7 Å². The Bertz CT molecular complexity index is 508. The maximum Gasteiger partial charge on any atom is 0.338 e.